The van der Waals surface area contributed by atoms with E-state index in [4.69, 9.17) is 16.3 Å². The molecule has 1 saturated carbocycles. The van der Waals surface area contributed by atoms with Crippen molar-refractivity contribution in [2.75, 3.05) is 25.1 Å². The number of anilines is 1. The van der Waals surface area contributed by atoms with Gasteiger partial charge in [0.1, 0.15) is 5.02 Å². The molecule has 1 saturated heterocycles. The first kappa shape index (κ1) is 15.8. The Labute approximate surface area is 136 Å². The summed E-state index contributed by atoms with van der Waals surface area (Å²) in [6, 6.07) is 0.208. The summed E-state index contributed by atoms with van der Waals surface area (Å²) in [4.78, 5) is 12.4. The predicted molar refractivity (Wildman–Crippen MR) is 87.7 cm³/mol. The standard InChI is InChI=1S/C16H24ClN3O2/c17-15-14(18-9-12-5-4-8-22-11-12)10-19-20(16(15)21)13-6-2-1-3-7-13/h10,12-13,18H,1-9,11H2/t12-/m1/s1. The lowest BCUT2D eigenvalue weighted by Crippen LogP contribution is -2.30. The van der Waals surface area contributed by atoms with Gasteiger partial charge < -0.3 is 10.1 Å². The van der Waals surface area contributed by atoms with E-state index in [0.717, 1.165) is 58.3 Å². The Morgan fingerprint density at radius 2 is 2.09 bits per heavy atom. The highest BCUT2D eigenvalue weighted by Gasteiger charge is 2.20. The minimum Gasteiger partial charge on any atom is -0.382 e. The third-order valence-corrected chi connectivity index (χ3v) is 5.07. The van der Waals surface area contributed by atoms with Crippen molar-refractivity contribution in [2.24, 2.45) is 5.92 Å². The van der Waals surface area contributed by atoms with Gasteiger partial charge in [0.15, 0.2) is 0 Å². The van der Waals surface area contributed by atoms with Crippen LogP contribution in [0.25, 0.3) is 0 Å². The zero-order valence-corrected chi connectivity index (χ0v) is 13.6. The molecule has 0 aromatic carbocycles. The van der Waals surface area contributed by atoms with Crippen LogP contribution in [0.1, 0.15) is 51.0 Å². The first-order valence-corrected chi connectivity index (χ1v) is 8.72. The average Bonchev–Trinajstić information content (AvgIpc) is 2.58. The number of halogens is 1. The van der Waals surface area contributed by atoms with Crippen molar-refractivity contribution in [1.82, 2.24) is 9.78 Å². The van der Waals surface area contributed by atoms with Crippen LogP contribution in [0, 0.1) is 5.92 Å². The van der Waals surface area contributed by atoms with Gasteiger partial charge in [-0.2, -0.15) is 5.10 Å². The normalized spacial score (nSPS) is 23.4. The molecule has 122 valence electrons. The number of aromatic nitrogens is 2. The second kappa shape index (κ2) is 7.47. The fourth-order valence-electron chi connectivity index (χ4n) is 3.38. The Kier molecular flexibility index (Phi) is 5.37. The number of nitrogens with zero attached hydrogens (tertiary/aromatic N) is 2. The van der Waals surface area contributed by atoms with Crippen molar-refractivity contribution in [3.63, 3.8) is 0 Å². The van der Waals surface area contributed by atoms with Crippen molar-refractivity contribution in [3.05, 3.63) is 21.6 Å². The van der Waals surface area contributed by atoms with Crippen molar-refractivity contribution in [1.29, 1.82) is 0 Å². The lowest BCUT2D eigenvalue weighted by molar-refractivity contribution is 0.0595. The maximum absolute atomic E-state index is 12.4. The topological polar surface area (TPSA) is 56.1 Å². The van der Waals surface area contributed by atoms with Crippen LogP contribution in [-0.2, 0) is 4.74 Å². The molecule has 2 aliphatic rings. The number of nitrogens with one attached hydrogen (secondary N) is 1. The molecule has 0 radical (unpaired) electrons. The minimum absolute atomic E-state index is 0.168. The molecule has 1 atom stereocenters. The van der Waals surface area contributed by atoms with Crippen molar-refractivity contribution < 1.29 is 4.74 Å². The zero-order valence-electron chi connectivity index (χ0n) is 12.9. The Hall–Kier alpha value is -1.07. The lowest BCUT2D eigenvalue weighted by Gasteiger charge is -2.24. The van der Waals surface area contributed by atoms with Crippen LogP contribution >= 0.6 is 11.6 Å². The molecule has 0 spiro atoms. The van der Waals surface area contributed by atoms with Gasteiger partial charge in [-0.25, -0.2) is 4.68 Å². The molecule has 1 aromatic rings. The van der Waals surface area contributed by atoms with Gasteiger partial charge >= 0.3 is 0 Å². The van der Waals surface area contributed by atoms with E-state index in [1.54, 1.807) is 10.9 Å². The van der Waals surface area contributed by atoms with Crippen LogP contribution in [0.15, 0.2) is 11.0 Å². The molecule has 22 heavy (non-hydrogen) atoms. The second-order valence-corrected chi connectivity index (χ2v) is 6.76. The molecule has 2 fully saturated rings. The number of hydrogen-bond acceptors (Lipinski definition) is 4. The van der Waals surface area contributed by atoms with Gasteiger partial charge in [-0.15, -0.1) is 0 Å². The Bertz CT molecular complexity index is 549. The zero-order chi connectivity index (χ0) is 15.4. The van der Waals surface area contributed by atoms with E-state index in [1.165, 1.54) is 6.42 Å². The fourth-order valence-corrected chi connectivity index (χ4v) is 3.58. The van der Waals surface area contributed by atoms with Crippen LogP contribution in [0.5, 0.6) is 0 Å². The molecular formula is C16H24ClN3O2. The maximum Gasteiger partial charge on any atom is 0.287 e. The summed E-state index contributed by atoms with van der Waals surface area (Å²) in [7, 11) is 0. The number of ether oxygens (including phenoxy) is 1. The van der Waals surface area contributed by atoms with Gasteiger partial charge in [-0.05, 0) is 31.6 Å². The fraction of sp³-hybridized carbons (Fsp3) is 0.750. The van der Waals surface area contributed by atoms with Gasteiger partial charge in [0.2, 0.25) is 0 Å². The first-order chi connectivity index (χ1) is 10.8. The number of hydrogen-bond donors (Lipinski definition) is 1. The summed E-state index contributed by atoms with van der Waals surface area (Å²) in [5.41, 5.74) is 0.475. The Morgan fingerprint density at radius 3 is 2.82 bits per heavy atom. The van der Waals surface area contributed by atoms with Gasteiger partial charge in [-0.3, -0.25) is 4.79 Å². The first-order valence-electron chi connectivity index (χ1n) is 8.34. The van der Waals surface area contributed by atoms with Crippen LogP contribution < -0.4 is 10.9 Å². The predicted octanol–water partition coefficient (Wildman–Crippen LogP) is 3.24. The van der Waals surface area contributed by atoms with Crippen LogP contribution in [0.3, 0.4) is 0 Å². The summed E-state index contributed by atoms with van der Waals surface area (Å²) in [5, 5.41) is 7.88. The molecule has 0 unspecified atom stereocenters. The molecule has 2 heterocycles. The lowest BCUT2D eigenvalue weighted by atomic mass is 9.96. The highest BCUT2D eigenvalue weighted by Crippen LogP contribution is 2.27. The summed E-state index contributed by atoms with van der Waals surface area (Å²) >= 11 is 6.27. The average molecular weight is 326 g/mol. The molecule has 6 heteroatoms. The van der Waals surface area contributed by atoms with E-state index in [0.29, 0.717) is 11.6 Å². The summed E-state index contributed by atoms with van der Waals surface area (Å²) in [5.74, 6) is 0.477. The molecular weight excluding hydrogens is 302 g/mol. The van der Waals surface area contributed by atoms with Crippen LogP contribution in [0.2, 0.25) is 5.02 Å². The van der Waals surface area contributed by atoms with Gasteiger partial charge in [0, 0.05) is 13.2 Å². The largest absolute Gasteiger partial charge is 0.382 e. The summed E-state index contributed by atoms with van der Waals surface area (Å²) in [6.07, 6.45) is 9.57. The van der Waals surface area contributed by atoms with Gasteiger partial charge in [-0.1, -0.05) is 30.9 Å². The van der Waals surface area contributed by atoms with E-state index in [2.05, 4.69) is 10.4 Å². The number of rotatable bonds is 4. The second-order valence-electron chi connectivity index (χ2n) is 6.38. The van der Waals surface area contributed by atoms with E-state index < -0.39 is 0 Å². The highest BCUT2D eigenvalue weighted by atomic mass is 35.5. The molecule has 5 nitrogen and oxygen atoms in total. The molecule has 1 aliphatic carbocycles. The van der Waals surface area contributed by atoms with Gasteiger partial charge in [0.25, 0.3) is 5.56 Å². The quantitative estimate of drug-likeness (QED) is 0.923. The van der Waals surface area contributed by atoms with Crippen molar-refractivity contribution >= 4 is 17.3 Å². The van der Waals surface area contributed by atoms with Crippen molar-refractivity contribution in [3.8, 4) is 0 Å². The summed E-state index contributed by atoms with van der Waals surface area (Å²) < 4.78 is 7.05. The molecule has 1 N–H and O–H groups in total. The monoisotopic (exact) mass is 325 g/mol. The molecule has 0 amide bonds. The van der Waals surface area contributed by atoms with E-state index in [1.807, 2.05) is 0 Å². The molecule has 3 rings (SSSR count). The van der Waals surface area contributed by atoms with Crippen molar-refractivity contribution in [2.45, 2.75) is 51.0 Å². The third-order valence-electron chi connectivity index (χ3n) is 4.70. The molecule has 0 bridgehead atoms. The van der Waals surface area contributed by atoms with Crippen LogP contribution in [0.4, 0.5) is 5.69 Å². The Morgan fingerprint density at radius 1 is 1.27 bits per heavy atom. The SMILES string of the molecule is O=c1c(Cl)c(NC[C@H]2CCCOC2)cnn1C1CCCCC1. The molecule has 1 aromatic heterocycles. The smallest absolute Gasteiger partial charge is 0.287 e. The molecule has 1 aliphatic heterocycles. The van der Waals surface area contributed by atoms with Gasteiger partial charge in [0.05, 0.1) is 24.5 Å². The van der Waals surface area contributed by atoms with E-state index in [-0.39, 0.29) is 16.6 Å². The van der Waals surface area contributed by atoms with Crippen LogP contribution in [-0.4, -0.2) is 29.5 Å². The van der Waals surface area contributed by atoms with E-state index in [9.17, 15) is 4.79 Å². The highest BCUT2D eigenvalue weighted by molar-refractivity contribution is 6.32. The third kappa shape index (κ3) is 3.63. The minimum atomic E-state index is -0.168. The summed E-state index contributed by atoms with van der Waals surface area (Å²) in [6.45, 7) is 2.40. The van der Waals surface area contributed by atoms with E-state index >= 15 is 0 Å². The maximum atomic E-state index is 12.4. The Balaban J connectivity index is 1.67.